The third kappa shape index (κ3) is 5.12. The van der Waals surface area contributed by atoms with E-state index in [2.05, 4.69) is 9.44 Å². The van der Waals surface area contributed by atoms with E-state index in [4.69, 9.17) is 34.8 Å². The lowest BCUT2D eigenvalue weighted by molar-refractivity contribution is 0.599. The maximum absolute atomic E-state index is 13.2. The highest BCUT2D eigenvalue weighted by Crippen LogP contribution is 2.37. The summed E-state index contributed by atoms with van der Waals surface area (Å²) >= 11 is 19.0. The first-order valence-electron chi connectivity index (χ1n) is 7.82. The fourth-order valence-electron chi connectivity index (χ4n) is 2.39. The van der Waals surface area contributed by atoms with Crippen molar-refractivity contribution in [2.45, 2.75) is 11.3 Å². The molecule has 2 N–H and O–H groups in total. The van der Waals surface area contributed by atoms with Crippen molar-refractivity contribution in [3.8, 4) is 0 Å². The van der Waals surface area contributed by atoms with Crippen molar-refractivity contribution in [2.75, 3.05) is 15.2 Å². The van der Waals surface area contributed by atoms with E-state index in [9.17, 15) is 21.2 Å². The summed E-state index contributed by atoms with van der Waals surface area (Å²) in [5, 5.41) is -0.334. The van der Waals surface area contributed by atoms with Gasteiger partial charge in [-0.2, -0.15) is 0 Å². The first-order chi connectivity index (χ1) is 13.5. The van der Waals surface area contributed by atoms with Crippen LogP contribution in [-0.2, 0) is 20.0 Å². The van der Waals surface area contributed by atoms with E-state index in [1.807, 2.05) is 0 Å². The van der Waals surface area contributed by atoms with E-state index in [-0.39, 0.29) is 30.7 Å². The summed E-state index contributed by atoms with van der Waals surface area (Å²) in [6, 6.07) is 5.11. The van der Waals surface area contributed by atoms with Crippen molar-refractivity contribution in [2.24, 2.45) is 0 Å². The number of allylic oxidation sites excluding steroid dienone is 1. The first kappa shape index (κ1) is 22.5. The molecule has 13 heteroatoms. The molecule has 0 radical (unpaired) electrons. The summed E-state index contributed by atoms with van der Waals surface area (Å²) < 4.78 is 68.5. The van der Waals surface area contributed by atoms with Crippen LogP contribution in [0.2, 0.25) is 15.1 Å². The van der Waals surface area contributed by atoms with Gasteiger partial charge in [-0.15, -0.1) is 11.8 Å². The van der Waals surface area contributed by atoms with Crippen molar-refractivity contribution in [1.82, 2.24) is 0 Å². The van der Waals surface area contributed by atoms with Crippen molar-refractivity contribution in [1.29, 1.82) is 0 Å². The molecule has 1 aliphatic heterocycles. The molecular formula is C16H12Cl3FN2O4S3. The van der Waals surface area contributed by atoms with Crippen LogP contribution in [0, 0.1) is 5.82 Å². The third-order valence-electron chi connectivity index (χ3n) is 3.67. The number of rotatable bonds is 6. The molecule has 3 rings (SSSR count). The van der Waals surface area contributed by atoms with Crippen molar-refractivity contribution in [3.63, 3.8) is 0 Å². The van der Waals surface area contributed by atoms with Crippen molar-refractivity contribution < 1.29 is 21.2 Å². The summed E-state index contributed by atoms with van der Waals surface area (Å²) in [6.07, 6.45) is 2.16. The van der Waals surface area contributed by atoms with E-state index in [0.29, 0.717) is 12.2 Å². The van der Waals surface area contributed by atoms with E-state index in [0.717, 1.165) is 36.0 Å². The van der Waals surface area contributed by atoms with Gasteiger partial charge in [0.15, 0.2) is 0 Å². The molecule has 29 heavy (non-hydrogen) atoms. The Morgan fingerprint density at radius 2 is 1.45 bits per heavy atom. The molecule has 156 valence electrons. The quantitative estimate of drug-likeness (QED) is 0.542. The number of thioether (sulfide) groups is 1. The average Bonchev–Trinajstić information content (AvgIpc) is 3.14. The molecule has 2 aromatic rings. The summed E-state index contributed by atoms with van der Waals surface area (Å²) in [6.45, 7) is 0. The van der Waals surface area contributed by atoms with Gasteiger partial charge in [0.05, 0.1) is 26.4 Å². The van der Waals surface area contributed by atoms with Gasteiger partial charge in [-0.25, -0.2) is 21.2 Å². The van der Waals surface area contributed by atoms with Gasteiger partial charge in [0, 0.05) is 5.75 Å². The third-order valence-corrected chi connectivity index (χ3v) is 9.33. The Hall–Kier alpha value is -1.17. The Balaban J connectivity index is 2.02. The van der Waals surface area contributed by atoms with Crippen LogP contribution in [0.5, 0.6) is 0 Å². The van der Waals surface area contributed by atoms with Crippen molar-refractivity contribution >= 4 is 78.0 Å². The second-order valence-electron chi connectivity index (χ2n) is 5.76. The van der Waals surface area contributed by atoms with Crippen LogP contribution in [0.4, 0.5) is 15.8 Å². The molecule has 0 saturated carbocycles. The lowest BCUT2D eigenvalue weighted by atomic mass is 10.3. The van der Waals surface area contributed by atoms with Gasteiger partial charge in [-0.1, -0.05) is 40.9 Å². The molecule has 1 heterocycles. The van der Waals surface area contributed by atoms with Crippen LogP contribution in [0.15, 0.2) is 45.5 Å². The minimum Gasteiger partial charge on any atom is -0.277 e. The fraction of sp³-hybridized carbons (Fsp3) is 0.125. The largest absolute Gasteiger partial charge is 0.277 e. The van der Waals surface area contributed by atoms with E-state index < -0.39 is 30.8 Å². The van der Waals surface area contributed by atoms with Gasteiger partial charge in [0.1, 0.15) is 14.9 Å². The molecule has 2 aromatic carbocycles. The molecule has 0 aromatic heterocycles. The SMILES string of the molecule is O=S(=O)(Nc1cc(Cl)c(Cl)cc1NS(=O)(=O)c1ccc(F)cc1Cl)C1=CCCS1. The second-order valence-corrected chi connectivity index (χ2v) is 11.7. The minimum absolute atomic E-state index is 0.00743. The van der Waals surface area contributed by atoms with Crippen LogP contribution >= 0.6 is 46.6 Å². The molecule has 0 fully saturated rings. The van der Waals surface area contributed by atoms with E-state index in [1.165, 1.54) is 6.07 Å². The summed E-state index contributed by atoms with van der Waals surface area (Å²) in [4.78, 5) is -0.394. The molecule has 0 aliphatic carbocycles. The maximum atomic E-state index is 13.2. The number of sulfonamides is 2. The summed E-state index contributed by atoms with van der Waals surface area (Å²) in [5.41, 5.74) is -0.304. The molecule has 0 saturated heterocycles. The van der Waals surface area contributed by atoms with Gasteiger partial charge >= 0.3 is 0 Å². The number of nitrogens with one attached hydrogen (secondary N) is 2. The Bertz CT molecular complexity index is 1220. The van der Waals surface area contributed by atoms with Crippen LogP contribution in [0.3, 0.4) is 0 Å². The van der Waals surface area contributed by atoms with Gasteiger partial charge in [-0.3, -0.25) is 9.44 Å². The number of halogens is 4. The number of hydrogen-bond donors (Lipinski definition) is 2. The highest BCUT2D eigenvalue weighted by atomic mass is 35.5. The molecule has 6 nitrogen and oxygen atoms in total. The molecule has 0 atom stereocenters. The molecule has 0 amide bonds. The Morgan fingerprint density at radius 1 is 0.862 bits per heavy atom. The van der Waals surface area contributed by atoms with Gasteiger partial charge in [-0.05, 0) is 36.8 Å². The van der Waals surface area contributed by atoms with Gasteiger partial charge in [0.25, 0.3) is 20.0 Å². The van der Waals surface area contributed by atoms with Gasteiger partial charge in [0.2, 0.25) is 0 Å². The maximum Gasteiger partial charge on any atom is 0.267 e. The lowest BCUT2D eigenvalue weighted by Gasteiger charge is -2.16. The normalized spacial score (nSPS) is 14.6. The number of hydrogen-bond acceptors (Lipinski definition) is 5. The van der Waals surface area contributed by atoms with Crippen LogP contribution in [-0.4, -0.2) is 22.6 Å². The predicted molar refractivity (Wildman–Crippen MR) is 116 cm³/mol. The minimum atomic E-state index is -4.29. The van der Waals surface area contributed by atoms with Crippen LogP contribution in [0.25, 0.3) is 0 Å². The van der Waals surface area contributed by atoms with E-state index in [1.54, 1.807) is 6.08 Å². The zero-order chi connectivity index (χ0) is 21.4. The Morgan fingerprint density at radius 3 is 1.97 bits per heavy atom. The fourth-order valence-corrected chi connectivity index (χ4v) is 6.88. The standard InChI is InChI=1S/C16H12Cl3FN2O4S3/c17-10-7-13(21-28(23,24)15-4-3-9(20)6-12(15)19)14(8-11(10)18)22-29(25,26)16-2-1-5-27-16/h2-4,6-8,21-22H,1,5H2. The predicted octanol–water partition coefficient (Wildman–Crippen LogP) is 5.31. The second kappa shape index (κ2) is 8.52. The Labute approximate surface area is 186 Å². The van der Waals surface area contributed by atoms with Crippen molar-refractivity contribution in [3.05, 3.63) is 61.5 Å². The smallest absolute Gasteiger partial charge is 0.267 e. The van der Waals surface area contributed by atoms with E-state index >= 15 is 0 Å². The summed E-state index contributed by atoms with van der Waals surface area (Å²) in [7, 11) is -8.23. The highest BCUT2D eigenvalue weighted by Gasteiger charge is 2.25. The monoisotopic (exact) mass is 516 g/mol. The van der Waals surface area contributed by atoms with Crippen LogP contribution in [0.1, 0.15) is 6.42 Å². The summed E-state index contributed by atoms with van der Waals surface area (Å²) in [5.74, 6) is -0.0838. The molecule has 1 aliphatic rings. The molecule has 0 bridgehead atoms. The number of anilines is 2. The molecule has 0 spiro atoms. The Kier molecular flexibility index (Phi) is 6.62. The number of benzene rings is 2. The highest BCUT2D eigenvalue weighted by molar-refractivity contribution is 8.19. The topological polar surface area (TPSA) is 92.3 Å². The van der Waals surface area contributed by atoms with Gasteiger partial charge < -0.3 is 0 Å². The molecule has 0 unspecified atom stereocenters. The molecular weight excluding hydrogens is 506 g/mol. The zero-order valence-corrected chi connectivity index (χ0v) is 19.0. The lowest BCUT2D eigenvalue weighted by Crippen LogP contribution is -2.18. The first-order valence-corrected chi connectivity index (χ1v) is 12.9. The zero-order valence-electron chi connectivity index (χ0n) is 14.2. The van der Waals surface area contributed by atoms with Crippen LogP contribution < -0.4 is 9.44 Å². The average molecular weight is 518 g/mol.